The Bertz CT molecular complexity index is 1010. The van der Waals surface area contributed by atoms with Gasteiger partial charge in [-0.3, -0.25) is 14.4 Å². The predicted octanol–water partition coefficient (Wildman–Crippen LogP) is 5.00. The molecule has 0 aliphatic rings. The molecule has 41 heavy (non-hydrogen) atoms. The summed E-state index contributed by atoms with van der Waals surface area (Å²) in [6, 6.07) is 2.59. The third kappa shape index (κ3) is 12.8. The number of rotatable bonds is 17. The molecular formula is C31H52N4O6. The van der Waals surface area contributed by atoms with E-state index in [2.05, 4.69) is 17.6 Å². The molecule has 0 bridgehead atoms. The summed E-state index contributed by atoms with van der Waals surface area (Å²) >= 11 is 0. The standard InChI is InChI=1S/C31H52N4O6/c1-8-10-11-12-13-20-35(29(39)24(18-19-25(32)36)34-30(40)41-31(5,6)7)26(28(38)33-22(4)15-9-2)23-17-14-16-21(3)27(23)37/h14,16-17,22,24,26,37H,8-13,15,18-20H2,1-7H3,(H2,32,36)(H,33,38)(H,34,40). The fourth-order valence-electron chi connectivity index (χ4n) is 4.63. The number of carbonyl (C=O) groups excluding carboxylic acids is 4. The Hall–Kier alpha value is -3.30. The second kappa shape index (κ2) is 17.5. The molecule has 3 atom stereocenters. The summed E-state index contributed by atoms with van der Waals surface area (Å²) in [6.07, 6.45) is 5.07. The topological polar surface area (TPSA) is 151 Å². The number of nitrogens with zero attached hydrogens (tertiary/aromatic N) is 1. The van der Waals surface area contributed by atoms with Gasteiger partial charge in [-0.25, -0.2) is 4.79 Å². The van der Waals surface area contributed by atoms with E-state index in [1.807, 2.05) is 13.8 Å². The van der Waals surface area contributed by atoms with Gasteiger partial charge in [0, 0.05) is 24.6 Å². The van der Waals surface area contributed by atoms with Crippen LogP contribution < -0.4 is 16.4 Å². The van der Waals surface area contributed by atoms with Crippen molar-refractivity contribution in [2.75, 3.05) is 6.54 Å². The number of carbonyl (C=O) groups is 4. The molecule has 0 aromatic heterocycles. The van der Waals surface area contributed by atoms with Crippen LogP contribution in [0.1, 0.15) is 116 Å². The summed E-state index contributed by atoms with van der Waals surface area (Å²) in [5, 5.41) is 16.6. The number of phenolic OH excluding ortho intramolecular Hbond substituents is 1. The maximum Gasteiger partial charge on any atom is 0.408 e. The molecule has 0 aliphatic heterocycles. The SMILES string of the molecule is CCCCCCCN(C(=O)C(CCC(N)=O)NC(=O)OC(C)(C)C)C(C(=O)NC(C)CCC)c1cccc(C)c1O. The zero-order chi connectivity index (χ0) is 31.2. The van der Waals surface area contributed by atoms with Crippen molar-refractivity contribution in [3.8, 4) is 5.75 Å². The first-order valence-electron chi connectivity index (χ1n) is 14.9. The van der Waals surface area contributed by atoms with Gasteiger partial charge in [0.25, 0.3) is 0 Å². The molecule has 1 aromatic carbocycles. The number of ether oxygens (including phenoxy) is 1. The maximum atomic E-state index is 14.2. The number of nitrogens with one attached hydrogen (secondary N) is 2. The molecule has 1 aromatic rings. The fourth-order valence-corrected chi connectivity index (χ4v) is 4.63. The van der Waals surface area contributed by atoms with Gasteiger partial charge in [-0.2, -0.15) is 0 Å². The van der Waals surface area contributed by atoms with Crippen molar-refractivity contribution in [1.82, 2.24) is 15.5 Å². The third-order valence-electron chi connectivity index (χ3n) is 6.69. The van der Waals surface area contributed by atoms with Gasteiger partial charge in [-0.1, -0.05) is 64.2 Å². The Morgan fingerprint density at radius 1 is 1.00 bits per heavy atom. The lowest BCUT2D eigenvalue weighted by molar-refractivity contribution is -0.143. The lowest BCUT2D eigenvalue weighted by atomic mass is 9.97. The van der Waals surface area contributed by atoms with Crippen LogP contribution in [0.25, 0.3) is 0 Å². The molecule has 5 N–H and O–H groups in total. The molecule has 0 heterocycles. The number of nitrogens with two attached hydrogens (primary N) is 1. The monoisotopic (exact) mass is 576 g/mol. The van der Waals surface area contributed by atoms with Gasteiger partial charge in [0.2, 0.25) is 17.7 Å². The molecule has 0 saturated carbocycles. The van der Waals surface area contributed by atoms with Crippen LogP contribution in [0.4, 0.5) is 4.79 Å². The Morgan fingerprint density at radius 3 is 2.24 bits per heavy atom. The molecule has 0 aliphatic carbocycles. The number of aromatic hydroxyl groups is 1. The number of hydrogen-bond donors (Lipinski definition) is 4. The van der Waals surface area contributed by atoms with E-state index in [9.17, 15) is 24.3 Å². The quantitative estimate of drug-likeness (QED) is 0.192. The molecular weight excluding hydrogens is 524 g/mol. The number of alkyl carbamates (subject to hydrolysis) is 1. The second-order valence-corrected chi connectivity index (χ2v) is 11.8. The maximum absolute atomic E-state index is 14.2. The Kier molecular flexibility index (Phi) is 15.2. The molecule has 1 rings (SSSR count). The first-order valence-corrected chi connectivity index (χ1v) is 14.9. The van der Waals surface area contributed by atoms with Gasteiger partial charge in [0.05, 0.1) is 0 Å². The van der Waals surface area contributed by atoms with Gasteiger partial charge in [-0.15, -0.1) is 0 Å². The molecule has 0 fully saturated rings. The highest BCUT2D eigenvalue weighted by Gasteiger charge is 2.37. The lowest BCUT2D eigenvalue weighted by Crippen LogP contribution is -2.54. The molecule has 0 saturated heterocycles. The van der Waals surface area contributed by atoms with E-state index < -0.39 is 41.5 Å². The fraction of sp³-hybridized carbons (Fsp3) is 0.677. The van der Waals surface area contributed by atoms with E-state index in [1.54, 1.807) is 45.9 Å². The van der Waals surface area contributed by atoms with Crippen LogP contribution in [-0.4, -0.2) is 58.1 Å². The van der Waals surface area contributed by atoms with Gasteiger partial charge in [-0.05, 0) is 59.4 Å². The van der Waals surface area contributed by atoms with Crippen molar-refractivity contribution >= 4 is 23.8 Å². The van der Waals surface area contributed by atoms with Gasteiger partial charge in [0.1, 0.15) is 23.4 Å². The highest BCUT2D eigenvalue weighted by Crippen LogP contribution is 2.33. The summed E-state index contributed by atoms with van der Waals surface area (Å²) in [4.78, 5) is 53.9. The summed E-state index contributed by atoms with van der Waals surface area (Å²) < 4.78 is 5.38. The minimum absolute atomic E-state index is 0.0693. The molecule has 10 nitrogen and oxygen atoms in total. The van der Waals surface area contributed by atoms with Crippen LogP contribution in [0.3, 0.4) is 0 Å². The Morgan fingerprint density at radius 2 is 1.66 bits per heavy atom. The van der Waals surface area contributed by atoms with Crippen LogP contribution >= 0.6 is 0 Å². The number of hydrogen-bond acceptors (Lipinski definition) is 6. The minimum Gasteiger partial charge on any atom is -0.507 e. The van der Waals surface area contributed by atoms with E-state index in [4.69, 9.17) is 10.5 Å². The van der Waals surface area contributed by atoms with Crippen molar-refractivity contribution in [3.05, 3.63) is 29.3 Å². The van der Waals surface area contributed by atoms with Crippen molar-refractivity contribution in [2.24, 2.45) is 5.73 Å². The van der Waals surface area contributed by atoms with E-state index in [0.717, 1.165) is 38.5 Å². The van der Waals surface area contributed by atoms with Crippen molar-refractivity contribution in [1.29, 1.82) is 0 Å². The summed E-state index contributed by atoms with van der Waals surface area (Å²) in [7, 11) is 0. The van der Waals surface area contributed by atoms with Crippen LogP contribution in [-0.2, 0) is 19.1 Å². The molecule has 232 valence electrons. The van der Waals surface area contributed by atoms with Gasteiger partial charge in [0.15, 0.2) is 0 Å². The highest BCUT2D eigenvalue weighted by atomic mass is 16.6. The van der Waals surface area contributed by atoms with Crippen molar-refractivity contribution in [2.45, 2.75) is 130 Å². The number of benzene rings is 1. The van der Waals surface area contributed by atoms with Crippen LogP contribution in [0.5, 0.6) is 5.75 Å². The van der Waals surface area contributed by atoms with Crippen molar-refractivity contribution in [3.63, 3.8) is 0 Å². The highest BCUT2D eigenvalue weighted by molar-refractivity contribution is 5.93. The minimum atomic E-state index is -1.18. The van der Waals surface area contributed by atoms with Crippen molar-refractivity contribution < 1.29 is 29.0 Å². The summed E-state index contributed by atoms with van der Waals surface area (Å²) in [6.45, 7) is 13.1. The van der Waals surface area contributed by atoms with E-state index in [1.165, 1.54) is 4.90 Å². The largest absolute Gasteiger partial charge is 0.507 e. The number of aryl methyl sites for hydroxylation is 1. The third-order valence-corrected chi connectivity index (χ3v) is 6.69. The number of para-hydroxylation sites is 1. The van der Waals surface area contributed by atoms with E-state index in [0.29, 0.717) is 17.5 Å². The molecule has 10 heteroatoms. The van der Waals surface area contributed by atoms with Crippen LogP contribution in [0, 0.1) is 6.92 Å². The zero-order valence-electron chi connectivity index (χ0n) is 26.0. The second-order valence-electron chi connectivity index (χ2n) is 11.8. The molecule has 4 amide bonds. The zero-order valence-corrected chi connectivity index (χ0v) is 26.0. The summed E-state index contributed by atoms with van der Waals surface area (Å²) in [5.41, 5.74) is 5.43. The number of primary amides is 1. The predicted molar refractivity (Wildman–Crippen MR) is 160 cm³/mol. The normalized spacial score (nSPS) is 13.5. The van der Waals surface area contributed by atoms with Gasteiger partial charge < -0.3 is 31.1 Å². The smallest absolute Gasteiger partial charge is 0.408 e. The molecule has 0 radical (unpaired) electrons. The first-order chi connectivity index (χ1) is 19.2. The number of phenols is 1. The molecule has 3 unspecified atom stereocenters. The number of amides is 4. The molecule has 0 spiro atoms. The summed E-state index contributed by atoms with van der Waals surface area (Å²) in [5.74, 6) is -1.69. The first kappa shape index (κ1) is 35.7. The average molecular weight is 577 g/mol. The van der Waals surface area contributed by atoms with Crippen LogP contribution in [0.15, 0.2) is 18.2 Å². The Labute approximate surface area is 245 Å². The van der Waals surface area contributed by atoms with E-state index >= 15 is 0 Å². The lowest BCUT2D eigenvalue weighted by Gasteiger charge is -2.35. The van der Waals surface area contributed by atoms with Crippen LogP contribution in [0.2, 0.25) is 0 Å². The Balaban J connectivity index is 3.60. The number of unbranched alkanes of at least 4 members (excludes halogenated alkanes) is 4. The van der Waals surface area contributed by atoms with E-state index in [-0.39, 0.29) is 31.2 Å². The van der Waals surface area contributed by atoms with Gasteiger partial charge >= 0.3 is 6.09 Å². The average Bonchev–Trinajstić information content (AvgIpc) is 2.86.